The molecule has 2 aliphatic heterocycles. The SMILES string of the molecule is CCn1cc([C@@H](O)CN2CCC3(CC2)C[C@H](O)c2cc(C)c(C)cc2O3)c2ccccc21. The van der Waals surface area contributed by atoms with Gasteiger partial charge in [0.1, 0.15) is 11.4 Å². The molecule has 170 valence electrons. The smallest absolute Gasteiger partial charge is 0.126 e. The summed E-state index contributed by atoms with van der Waals surface area (Å²) in [4.78, 5) is 2.33. The predicted octanol–water partition coefficient (Wildman–Crippen LogP) is 4.66. The number of aliphatic hydroxyl groups excluding tert-OH is 2. The Balaban J connectivity index is 1.28. The molecule has 0 amide bonds. The van der Waals surface area contributed by atoms with Gasteiger partial charge < -0.3 is 24.4 Å². The number of ether oxygens (including phenoxy) is 1. The summed E-state index contributed by atoms with van der Waals surface area (Å²) < 4.78 is 8.73. The molecule has 0 saturated carbocycles. The third-order valence-corrected chi connectivity index (χ3v) is 7.59. The van der Waals surface area contributed by atoms with Crippen LogP contribution in [0.3, 0.4) is 0 Å². The zero-order valence-corrected chi connectivity index (χ0v) is 19.3. The fourth-order valence-electron chi connectivity index (χ4n) is 5.49. The lowest BCUT2D eigenvalue weighted by Gasteiger charge is -2.46. The molecule has 1 saturated heterocycles. The van der Waals surface area contributed by atoms with E-state index in [0.717, 1.165) is 54.7 Å². The van der Waals surface area contributed by atoms with E-state index in [4.69, 9.17) is 4.74 Å². The summed E-state index contributed by atoms with van der Waals surface area (Å²) in [6.45, 7) is 9.52. The van der Waals surface area contributed by atoms with Gasteiger partial charge in [-0.15, -0.1) is 0 Å². The molecule has 5 nitrogen and oxygen atoms in total. The maximum absolute atomic E-state index is 11.1. The number of likely N-dealkylation sites (tertiary alicyclic amines) is 1. The van der Waals surface area contributed by atoms with E-state index >= 15 is 0 Å². The Bertz CT molecular complexity index is 1130. The van der Waals surface area contributed by atoms with Gasteiger partial charge in [-0.25, -0.2) is 0 Å². The molecule has 3 heterocycles. The minimum atomic E-state index is -0.522. The molecule has 3 aromatic rings. The van der Waals surface area contributed by atoms with Crippen molar-refractivity contribution in [2.24, 2.45) is 0 Å². The van der Waals surface area contributed by atoms with E-state index < -0.39 is 12.2 Å². The summed E-state index contributed by atoms with van der Waals surface area (Å²) in [5.41, 5.74) is 5.18. The molecule has 32 heavy (non-hydrogen) atoms. The molecule has 1 spiro atoms. The van der Waals surface area contributed by atoms with Crippen molar-refractivity contribution in [1.29, 1.82) is 0 Å². The van der Waals surface area contributed by atoms with Crippen molar-refractivity contribution in [3.63, 3.8) is 0 Å². The van der Waals surface area contributed by atoms with Gasteiger partial charge in [0.2, 0.25) is 0 Å². The van der Waals surface area contributed by atoms with Crippen molar-refractivity contribution in [3.8, 4) is 5.75 Å². The van der Waals surface area contributed by atoms with Gasteiger partial charge in [-0.1, -0.05) is 18.2 Å². The summed E-state index contributed by atoms with van der Waals surface area (Å²) in [5.74, 6) is 0.840. The highest BCUT2D eigenvalue weighted by Crippen LogP contribution is 2.45. The van der Waals surface area contributed by atoms with Gasteiger partial charge >= 0.3 is 0 Å². The molecule has 5 heteroatoms. The van der Waals surface area contributed by atoms with Crippen LogP contribution in [0.25, 0.3) is 10.9 Å². The Labute approximate surface area is 190 Å². The lowest BCUT2D eigenvalue weighted by atomic mass is 9.81. The highest BCUT2D eigenvalue weighted by atomic mass is 16.5. The summed E-state index contributed by atoms with van der Waals surface area (Å²) >= 11 is 0. The molecule has 5 rings (SSSR count). The average Bonchev–Trinajstić information content (AvgIpc) is 3.16. The predicted molar refractivity (Wildman–Crippen MR) is 127 cm³/mol. The third-order valence-electron chi connectivity index (χ3n) is 7.59. The summed E-state index contributed by atoms with van der Waals surface area (Å²) in [6.07, 6.45) is 3.46. The Morgan fingerprint density at radius 2 is 1.84 bits per heavy atom. The molecule has 0 bridgehead atoms. The Morgan fingerprint density at radius 3 is 2.59 bits per heavy atom. The number of benzene rings is 2. The monoisotopic (exact) mass is 434 g/mol. The van der Waals surface area contributed by atoms with Gasteiger partial charge in [-0.3, -0.25) is 0 Å². The number of para-hydroxylation sites is 1. The van der Waals surface area contributed by atoms with Crippen LogP contribution in [0.2, 0.25) is 0 Å². The molecule has 2 aromatic carbocycles. The van der Waals surface area contributed by atoms with Gasteiger partial charge in [0.25, 0.3) is 0 Å². The van der Waals surface area contributed by atoms with Gasteiger partial charge in [-0.2, -0.15) is 0 Å². The quantitative estimate of drug-likeness (QED) is 0.627. The molecule has 2 aliphatic rings. The number of rotatable bonds is 4. The highest BCUT2D eigenvalue weighted by molar-refractivity contribution is 5.84. The van der Waals surface area contributed by atoms with Crippen LogP contribution in [0.5, 0.6) is 5.75 Å². The topological polar surface area (TPSA) is 57.9 Å². The van der Waals surface area contributed by atoms with E-state index in [1.165, 1.54) is 16.6 Å². The number of piperidine rings is 1. The highest BCUT2D eigenvalue weighted by Gasteiger charge is 2.43. The lowest BCUT2D eigenvalue weighted by molar-refractivity contribution is -0.0588. The van der Waals surface area contributed by atoms with Crippen LogP contribution in [-0.4, -0.2) is 44.9 Å². The van der Waals surface area contributed by atoms with Gasteiger partial charge in [0.05, 0.1) is 12.2 Å². The Morgan fingerprint density at radius 1 is 1.12 bits per heavy atom. The Kier molecular flexibility index (Phi) is 5.52. The third kappa shape index (κ3) is 3.72. The largest absolute Gasteiger partial charge is 0.487 e. The van der Waals surface area contributed by atoms with Crippen LogP contribution in [0.4, 0.5) is 0 Å². The number of nitrogens with zero attached hydrogens (tertiary/aromatic N) is 2. The first-order chi connectivity index (χ1) is 15.4. The molecule has 1 aromatic heterocycles. The number of aliphatic hydroxyl groups is 2. The van der Waals surface area contributed by atoms with Crippen LogP contribution in [0, 0.1) is 13.8 Å². The van der Waals surface area contributed by atoms with Crippen molar-refractivity contribution >= 4 is 10.9 Å². The van der Waals surface area contributed by atoms with Gasteiger partial charge in [-0.05, 0) is 62.9 Å². The zero-order valence-electron chi connectivity index (χ0n) is 19.3. The molecule has 2 atom stereocenters. The minimum Gasteiger partial charge on any atom is -0.487 e. The molecule has 0 unspecified atom stereocenters. The lowest BCUT2D eigenvalue weighted by Crippen LogP contribution is -2.51. The van der Waals surface area contributed by atoms with Crippen molar-refractivity contribution in [1.82, 2.24) is 9.47 Å². The van der Waals surface area contributed by atoms with E-state index in [-0.39, 0.29) is 5.60 Å². The number of hydrogen-bond donors (Lipinski definition) is 2. The fraction of sp³-hybridized carbons (Fsp3) is 0.481. The summed E-state index contributed by atoms with van der Waals surface area (Å²) in [7, 11) is 0. The number of fused-ring (bicyclic) bond motifs is 2. The van der Waals surface area contributed by atoms with Crippen LogP contribution in [0.1, 0.15) is 60.6 Å². The van der Waals surface area contributed by atoms with Crippen molar-refractivity contribution in [2.75, 3.05) is 19.6 Å². The maximum atomic E-state index is 11.1. The second kappa shape index (κ2) is 8.22. The van der Waals surface area contributed by atoms with Crippen LogP contribution in [-0.2, 0) is 6.54 Å². The fourth-order valence-corrected chi connectivity index (χ4v) is 5.49. The zero-order chi connectivity index (χ0) is 22.5. The van der Waals surface area contributed by atoms with E-state index in [1.807, 2.05) is 12.1 Å². The normalized spacial score (nSPS) is 21.5. The van der Waals surface area contributed by atoms with Crippen LogP contribution in [0.15, 0.2) is 42.6 Å². The van der Waals surface area contributed by atoms with Gasteiger partial charge in [0.15, 0.2) is 0 Å². The second-order valence-corrected chi connectivity index (χ2v) is 9.68. The average molecular weight is 435 g/mol. The Hall–Kier alpha value is -2.34. The first kappa shape index (κ1) is 21.5. The second-order valence-electron chi connectivity index (χ2n) is 9.68. The minimum absolute atomic E-state index is 0.312. The number of aromatic nitrogens is 1. The van der Waals surface area contributed by atoms with E-state index in [0.29, 0.717) is 13.0 Å². The van der Waals surface area contributed by atoms with E-state index in [1.54, 1.807) is 0 Å². The number of β-amino-alcohol motifs (C(OH)–C–C–N with tert-alkyl or cyclic N) is 1. The van der Waals surface area contributed by atoms with Crippen LogP contribution >= 0.6 is 0 Å². The van der Waals surface area contributed by atoms with E-state index in [9.17, 15) is 10.2 Å². The molecular formula is C27H34N2O3. The first-order valence-electron chi connectivity index (χ1n) is 11.9. The molecule has 0 aliphatic carbocycles. The van der Waals surface area contributed by atoms with Crippen LogP contribution < -0.4 is 4.74 Å². The van der Waals surface area contributed by atoms with Crippen molar-refractivity contribution in [2.45, 2.75) is 64.4 Å². The van der Waals surface area contributed by atoms with Crippen molar-refractivity contribution < 1.29 is 14.9 Å². The summed E-state index contributed by atoms with van der Waals surface area (Å²) in [5, 5.41) is 23.1. The summed E-state index contributed by atoms with van der Waals surface area (Å²) in [6, 6.07) is 12.5. The van der Waals surface area contributed by atoms with E-state index in [2.05, 4.69) is 60.7 Å². The first-order valence-corrected chi connectivity index (χ1v) is 11.9. The maximum Gasteiger partial charge on any atom is 0.126 e. The number of aryl methyl sites for hydroxylation is 3. The molecule has 1 fully saturated rings. The van der Waals surface area contributed by atoms with Crippen molar-refractivity contribution in [3.05, 3.63) is 64.8 Å². The molecule has 0 radical (unpaired) electrons. The molecule has 2 N–H and O–H groups in total. The molecular weight excluding hydrogens is 400 g/mol. The standard InChI is InChI=1S/C27H34N2O3/c1-4-29-16-22(20-7-5-6-8-23(20)29)25(31)17-28-11-9-27(10-12-28)15-24(30)21-13-18(2)19(3)14-26(21)32-27/h5-8,13-14,16,24-25,30-31H,4,9-12,15,17H2,1-3H3/t24-,25-/m0/s1. The van der Waals surface area contributed by atoms with Gasteiger partial charge in [0, 0.05) is 60.8 Å². The number of hydrogen-bond acceptors (Lipinski definition) is 4.